The van der Waals surface area contributed by atoms with Gasteiger partial charge in [-0.05, 0) is 54.8 Å². The Morgan fingerprint density at radius 1 is 0.913 bits per heavy atom. The van der Waals surface area contributed by atoms with Crippen molar-refractivity contribution in [3.05, 3.63) is 71.6 Å². The summed E-state index contributed by atoms with van der Waals surface area (Å²) in [5.74, 6) is 1.38. The molecular formula is C17H15NO3S2. The Balaban J connectivity index is 1.71. The summed E-state index contributed by atoms with van der Waals surface area (Å²) in [6.07, 6.45) is 0. The molecule has 0 aliphatic heterocycles. The van der Waals surface area contributed by atoms with E-state index in [2.05, 4.69) is 4.72 Å². The van der Waals surface area contributed by atoms with E-state index in [1.807, 2.05) is 31.2 Å². The molecule has 118 valence electrons. The van der Waals surface area contributed by atoms with E-state index in [0.29, 0.717) is 11.4 Å². The molecule has 23 heavy (non-hydrogen) atoms. The third-order valence-corrected chi connectivity index (χ3v) is 5.90. The Bertz CT molecular complexity index is 869. The van der Waals surface area contributed by atoms with Gasteiger partial charge in [0.1, 0.15) is 15.7 Å². The zero-order chi connectivity index (χ0) is 16.3. The monoisotopic (exact) mass is 345 g/mol. The summed E-state index contributed by atoms with van der Waals surface area (Å²) < 4.78 is 32.8. The molecule has 0 amide bonds. The van der Waals surface area contributed by atoms with Crippen molar-refractivity contribution < 1.29 is 13.2 Å². The van der Waals surface area contributed by atoms with E-state index in [9.17, 15) is 8.42 Å². The van der Waals surface area contributed by atoms with E-state index in [0.717, 1.165) is 11.3 Å². The van der Waals surface area contributed by atoms with E-state index < -0.39 is 10.0 Å². The second kappa shape index (κ2) is 6.44. The Labute approximate surface area is 139 Å². The van der Waals surface area contributed by atoms with Gasteiger partial charge in [-0.2, -0.15) is 0 Å². The van der Waals surface area contributed by atoms with Crippen molar-refractivity contribution in [2.75, 3.05) is 4.72 Å². The highest BCUT2D eigenvalue weighted by Crippen LogP contribution is 2.25. The maximum absolute atomic E-state index is 12.1. The van der Waals surface area contributed by atoms with Gasteiger partial charge < -0.3 is 4.74 Å². The number of aryl methyl sites for hydroxylation is 1. The molecule has 0 radical (unpaired) electrons. The van der Waals surface area contributed by atoms with E-state index in [1.165, 1.54) is 11.3 Å². The molecule has 6 heteroatoms. The molecule has 0 atom stereocenters. The number of rotatable bonds is 5. The predicted molar refractivity (Wildman–Crippen MR) is 92.8 cm³/mol. The number of nitrogens with one attached hydrogen (secondary N) is 1. The molecule has 0 unspecified atom stereocenters. The van der Waals surface area contributed by atoms with Gasteiger partial charge in [0.2, 0.25) is 0 Å². The summed E-state index contributed by atoms with van der Waals surface area (Å²) in [6.45, 7) is 2.01. The van der Waals surface area contributed by atoms with Crippen molar-refractivity contribution in [3.8, 4) is 11.5 Å². The molecular weight excluding hydrogens is 330 g/mol. The Hall–Kier alpha value is -2.31. The van der Waals surface area contributed by atoms with Crippen molar-refractivity contribution >= 4 is 27.0 Å². The standard InChI is InChI=1S/C17H15NO3S2/c1-13-4-8-15(9-5-13)21-16-10-6-14(7-11-16)18-23(19,20)17-3-2-12-22-17/h2-12,18H,1H3. The first kappa shape index (κ1) is 15.6. The number of thiophene rings is 1. The van der Waals surface area contributed by atoms with Crippen molar-refractivity contribution in [2.24, 2.45) is 0 Å². The van der Waals surface area contributed by atoms with Crippen LogP contribution in [0.4, 0.5) is 5.69 Å². The third kappa shape index (κ3) is 3.91. The minimum atomic E-state index is -3.52. The van der Waals surface area contributed by atoms with Crippen LogP contribution in [-0.2, 0) is 10.0 Å². The van der Waals surface area contributed by atoms with Crippen LogP contribution in [0.3, 0.4) is 0 Å². The maximum Gasteiger partial charge on any atom is 0.271 e. The summed E-state index contributed by atoms with van der Waals surface area (Å²) in [6, 6.07) is 17.8. The summed E-state index contributed by atoms with van der Waals surface area (Å²) in [7, 11) is -3.52. The predicted octanol–water partition coefficient (Wildman–Crippen LogP) is 4.65. The molecule has 0 fully saturated rings. The van der Waals surface area contributed by atoms with E-state index >= 15 is 0 Å². The molecule has 0 aliphatic rings. The lowest BCUT2D eigenvalue weighted by atomic mass is 10.2. The molecule has 1 N–H and O–H groups in total. The number of benzene rings is 2. The van der Waals surface area contributed by atoms with Crippen LogP contribution in [-0.4, -0.2) is 8.42 Å². The summed E-state index contributed by atoms with van der Waals surface area (Å²) in [4.78, 5) is 0. The van der Waals surface area contributed by atoms with Crippen LogP contribution in [0.2, 0.25) is 0 Å². The highest BCUT2D eigenvalue weighted by molar-refractivity contribution is 7.94. The van der Waals surface area contributed by atoms with Gasteiger partial charge in [0.05, 0.1) is 0 Å². The first-order valence-electron chi connectivity index (χ1n) is 6.94. The average molecular weight is 345 g/mol. The first-order valence-corrected chi connectivity index (χ1v) is 9.30. The number of ether oxygens (including phenoxy) is 1. The fourth-order valence-electron chi connectivity index (χ4n) is 1.96. The zero-order valence-electron chi connectivity index (χ0n) is 12.4. The van der Waals surface area contributed by atoms with Gasteiger partial charge in [0.25, 0.3) is 10.0 Å². The van der Waals surface area contributed by atoms with Crippen LogP contribution < -0.4 is 9.46 Å². The zero-order valence-corrected chi connectivity index (χ0v) is 14.0. The number of sulfonamides is 1. The second-order valence-corrected chi connectivity index (χ2v) is 7.83. The maximum atomic E-state index is 12.1. The normalized spacial score (nSPS) is 11.2. The molecule has 4 nitrogen and oxygen atoms in total. The molecule has 0 bridgehead atoms. The van der Waals surface area contributed by atoms with Crippen molar-refractivity contribution in [1.29, 1.82) is 0 Å². The van der Waals surface area contributed by atoms with Gasteiger partial charge in [-0.3, -0.25) is 4.72 Å². The van der Waals surface area contributed by atoms with Crippen molar-refractivity contribution in [2.45, 2.75) is 11.1 Å². The van der Waals surface area contributed by atoms with Crippen molar-refractivity contribution in [1.82, 2.24) is 0 Å². The van der Waals surface area contributed by atoms with Crippen LogP contribution in [0.15, 0.2) is 70.3 Å². The van der Waals surface area contributed by atoms with Crippen LogP contribution in [0, 0.1) is 6.92 Å². The lowest BCUT2D eigenvalue weighted by Gasteiger charge is -2.09. The number of anilines is 1. The number of hydrogen-bond acceptors (Lipinski definition) is 4. The van der Waals surface area contributed by atoms with E-state index in [1.54, 1.807) is 41.8 Å². The lowest BCUT2D eigenvalue weighted by Crippen LogP contribution is -2.11. The molecule has 3 rings (SSSR count). The fraction of sp³-hybridized carbons (Fsp3) is 0.0588. The summed E-state index contributed by atoms with van der Waals surface area (Å²) in [5, 5.41) is 1.73. The van der Waals surface area contributed by atoms with Gasteiger partial charge in [-0.1, -0.05) is 23.8 Å². The molecule has 0 saturated carbocycles. The average Bonchev–Trinajstić information content (AvgIpc) is 3.07. The fourth-order valence-corrected chi connectivity index (χ4v) is 4.01. The van der Waals surface area contributed by atoms with Crippen LogP contribution >= 0.6 is 11.3 Å². The van der Waals surface area contributed by atoms with Crippen molar-refractivity contribution in [3.63, 3.8) is 0 Å². The highest BCUT2D eigenvalue weighted by atomic mass is 32.2. The minimum Gasteiger partial charge on any atom is -0.457 e. The lowest BCUT2D eigenvalue weighted by molar-refractivity contribution is 0.482. The second-order valence-electron chi connectivity index (χ2n) is 4.98. The topological polar surface area (TPSA) is 55.4 Å². The van der Waals surface area contributed by atoms with Gasteiger partial charge in [-0.25, -0.2) is 8.42 Å². The largest absolute Gasteiger partial charge is 0.457 e. The molecule has 1 aromatic heterocycles. The molecule has 0 aliphatic carbocycles. The van der Waals surface area contributed by atoms with E-state index in [4.69, 9.17) is 4.74 Å². The first-order chi connectivity index (χ1) is 11.0. The minimum absolute atomic E-state index is 0.289. The van der Waals surface area contributed by atoms with Gasteiger partial charge in [0.15, 0.2) is 0 Å². The van der Waals surface area contributed by atoms with Gasteiger partial charge in [0, 0.05) is 5.69 Å². The smallest absolute Gasteiger partial charge is 0.271 e. The molecule has 0 spiro atoms. The van der Waals surface area contributed by atoms with Crippen LogP contribution in [0.1, 0.15) is 5.56 Å². The molecule has 1 heterocycles. The highest BCUT2D eigenvalue weighted by Gasteiger charge is 2.14. The van der Waals surface area contributed by atoms with Gasteiger partial charge >= 0.3 is 0 Å². The Kier molecular flexibility index (Phi) is 4.36. The molecule has 0 saturated heterocycles. The molecule has 3 aromatic rings. The Morgan fingerprint density at radius 2 is 1.52 bits per heavy atom. The van der Waals surface area contributed by atoms with Crippen LogP contribution in [0.25, 0.3) is 0 Å². The van der Waals surface area contributed by atoms with Gasteiger partial charge in [-0.15, -0.1) is 11.3 Å². The third-order valence-electron chi connectivity index (χ3n) is 3.12. The molecule has 2 aromatic carbocycles. The quantitative estimate of drug-likeness (QED) is 0.732. The Morgan fingerprint density at radius 3 is 2.09 bits per heavy atom. The number of hydrogen-bond donors (Lipinski definition) is 1. The summed E-state index contributed by atoms with van der Waals surface area (Å²) >= 11 is 1.18. The van der Waals surface area contributed by atoms with E-state index in [-0.39, 0.29) is 4.21 Å². The SMILES string of the molecule is Cc1ccc(Oc2ccc(NS(=O)(=O)c3cccs3)cc2)cc1. The summed E-state index contributed by atoms with van der Waals surface area (Å²) in [5.41, 5.74) is 1.66. The van der Waals surface area contributed by atoms with Crippen LogP contribution in [0.5, 0.6) is 11.5 Å².